The lowest BCUT2D eigenvalue weighted by Gasteiger charge is -2.07. The number of hydrogen-bond donors (Lipinski definition) is 3. The van der Waals surface area contributed by atoms with Crippen LogP contribution in [0.4, 0.5) is 16.2 Å². The van der Waals surface area contributed by atoms with Gasteiger partial charge in [0.05, 0.1) is 14.7 Å². The maximum absolute atomic E-state index is 12.5. The van der Waals surface area contributed by atoms with Crippen LogP contribution in [0.2, 0.25) is 0 Å². The highest BCUT2D eigenvalue weighted by Crippen LogP contribution is 2.24. The van der Waals surface area contributed by atoms with Crippen LogP contribution in [0.5, 0.6) is 0 Å². The molecule has 0 aliphatic carbocycles. The standard InChI is InChI=1S/C14H13N5O5S/c15-17-9-16-14(20)18-10-1-5-12(6-2-10)25(23,24)13-7-3-11(4-8-13)19(21)22/h1-9H,15H2,(H2,16,17,18,20). The fourth-order valence-corrected chi connectivity index (χ4v) is 3.12. The quantitative estimate of drug-likeness (QED) is 0.240. The van der Waals surface area contributed by atoms with Crippen molar-refractivity contribution in [2.45, 2.75) is 9.79 Å². The molecule has 2 amide bonds. The minimum absolute atomic E-state index is 0.0177. The van der Waals surface area contributed by atoms with E-state index < -0.39 is 20.8 Å². The number of nitro benzene ring substituents is 1. The average molecular weight is 363 g/mol. The molecule has 25 heavy (non-hydrogen) atoms. The van der Waals surface area contributed by atoms with Gasteiger partial charge in [0.2, 0.25) is 9.84 Å². The van der Waals surface area contributed by atoms with Crippen LogP contribution in [-0.4, -0.2) is 25.7 Å². The van der Waals surface area contributed by atoms with Crippen LogP contribution in [0.15, 0.2) is 63.4 Å². The molecule has 0 atom stereocenters. The number of benzene rings is 2. The monoisotopic (exact) mass is 363 g/mol. The number of carbonyl (C=O) groups excluding carboxylic acids is 1. The van der Waals surface area contributed by atoms with Crippen LogP contribution >= 0.6 is 0 Å². The summed E-state index contributed by atoms with van der Waals surface area (Å²) in [5.41, 5.74) is 0.149. The minimum atomic E-state index is -3.83. The van der Waals surface area contributed by atoms with Gasteiger partial charge >= 0.3 is 6.03 Å². The number of amides is 2. The summed E-state index contributed by atoms with van der Waals surface area (Å²) in [5.74, 6) is 4.84. The summed E-state index contributed by atoms with van der Waals surface area (Å²) in [5, 5.41) is 18.4. The maximum atomic E-state index is 12.5. The van der Waals surface area contributed by atoms with E-state index in [1.807, 2.05) is 0 Å². The predicted octanol–water partition coefficient (Wildman–Crippen LogP) is 1.45. The van der Waals surface area contributed by atoms with Crippen molar-refractivity contribution < 1.29 is 18.1 Å². The van der Waals surface area contributed by atoms with Gasteiger partial charge in [-0.05, 0) is 36.4 Å². The fraction of sp³-hybridized carbons (Fsp3) is 0. The molecule has 0 unspecified atom stereocenters. The first kappa shape index (κ1) is 17.9. The molecular weight excluding hydrogens is 350 g/mol. The van der Waals surface area contributed by atoms with E-state index in [4.69, 9.17) is 5.84 Å². The van der Waals surface area contributed by atoms with Crippen LogP contribution in [-0.2, 0) is 9.84 Å². The summed E-state index contributed by atoms with van der Waals surface area (Å²) < 4.78 is 25.0. The Balaban J connectivity index is 2.19. The Morgan fingerprint density at radius 1 is 1.08 bits per heavy atom. The lowest BCUT2D eigenvalue weighted by molar-refractivity contribution is -0.384. The second-order valence-electron chi connectivity index (χ2n) is 4.66. The van der Waals surface area contributed by atoms with Crippen molar-refractivity contribution in [3.05, 3.63) is 58.6 Å². The van der Waals surface area contributed by atoms with Crippen molar-refractivity contribution in [3.63, 3.8) is 0 Å². The van der Waals surface area contributed by atoms with Crippen molar-refractivity contribution in [3.8, 4) is 0 Å². The number of rotatable bonds is 5. The molecule has 4 N–H and O–H groups in total. The average Bonchev–Trinajstić information content (AvgIpc) is 2.60. The van der Waals surface area contributed by atoms with E-state index in [-0.39, 0.29) is 15.5 Å². The van der Waals surface area contributed by atoms with E-state index in [9.17, 15) is 23.3 Å². The number of non-ortho nitro benzene ring substituents is 1. The number of sulfone groups is 1. The highest BCUT2D eigenvalue weighted by molar-refractivity contribution is 7.91. The van der Waals surface area contributed by atoms with Gasteiger partial charge in [-0.1, -0.05) is 0 Å². The maximum Gasteiger partial charge on any atom is 0.324 e. The number of carbonyl (C=O) groups is 1. The molecule has 0 radical (unpaired) electrons. The Labute approximate surface area is 142 Å². The van der Waals surface area contributed by atoms with E-state index in [0.29, 0.717) is 5.69 Å². The minimum Gasteiger partial charge on any atom is -0.322 e. The Kier molecular flexibility index (Phi) is 5.29. The fourth-order valence-electron chi connectivity index (χ4n) is 1.86. The van der Waals surface area contributed by atoms with Crippen molar-refractivity contribution in [1.82, 2.24) is 5.32 Å². The Hall–Kier alpha value is -3.47. The van der Waals surface area contributed by atoms with Gasteiger partial charge in [0, 0.05) is 17.8 Å². The summed E-state index contributed by atoms with van der Waals surface area (Å²) in [6.07, 6.45) is 0.989. The number of nitro groups is 1. The van der Waals surface area contributed by atoms with Crippen LogP contribution in [0, 0.1) is 10.1 Å². The second-order valence-corrected chi connectivity index (χ2v) is 6.61. The molecule has 11 heteroatoms. The van der Waals surface area contributed by atoms with Gasteiger partial charge in [-0.3, -0.25) is 15.4 Å². The van der Waals surface area contributed by atoms with Crippen LogP contribution in [0.1, 0.15) is 0 Å². The van der Waals surface area contributed by atoms with Gasteiger partial charge in [-0.15, -0.1) is 0 Å². The molecule has 0 aliphatic rings. The molecule has 0 saturated heterocycles. The molecule has 0 fully saturated rings. The zero-order valence-electron chi connectivity index (χ0n) is 12.6. The van der Waals surface area contributed by atoms with Gasteiger partial charge in [-0.25, -0.2) is 13.2 Å². The highest BCUT2D eigenvalue weighted by atomic mass is 32.2. The molecular formula is C14H13N5O5S. The molecule has 0 spiro atoms. The first-order chi connectivity index (χ1) is 11.8. The number of nitrogens with two attached hydrogens (primary N) is 1. The Morgan fingerprint density at radius 2 is 1.60 bits per heavy atom. The predicted molar refractivity (Wildman–Crippen MR) is 89.8 cm³/mol. The first-order valence-corrected chi connectivity index (χ1v) is 8.22. The zero-order chi connectivity index (χ0) is 18.4. The summed E-state index contributed by atoms with van der Waals surface area (Å²) in [6.45, 7) is 0. The smallest absolute Gasteiger partial charge is 0.322 e. The molecule has 0 heterocycles. The highest BCUT2D eigenvalue weighted by Gasteiger charge is 2.18. The molecule has 2 rings (SSSR count). The number of hydrazone groups is 1. The van der Waals surface area contributed by atoms with Gasteiger partial charge < -0.3 is 11.2 Å². The SMILES string of the molecule is NN=CNC(=O)Nc1ccc(S(=O)(=O)c2ccc([N+](=O)[O-])cc2)cc1. The number of nitrogens with zero attached hydrogens (tertiary/aromatic N) is 2. The summed E-state index contributed by atoms with van der Waals surface area (Å²) in [6, 6.07) is 9.39. The molecule has 0 aliphatic heterocycles. The normalized spacial score (nSPS) is 11.2. The third-order valence-electron chi connectivity index (χ3n) is 3.05. The van der Waals surface area contributed by atoms with E-state index >= 15 is 0 Å². The molecule has 10 nitrogen and oxygen atoms in total. The molecule has 0 saturated carbocycles. The van der Waals surface area contributed by atoms with E-state index in [0.717, 1.165) is 18.5 Å². The Bertz CT molecular complexity index is 908. The molecule has 0 bridgehead atoms. The molecule has 2 aromatic rings. The molecule has 130 valence electrons. The van der Waals surface area contributed by atoms with Crippen molar-refractivity contribution >= 4 is 33.6 Å². The van der Waals surface area contributed by atoms with Gasteiger partial charge in [0.25, 0.3) is 5.69 Å². The summed E-state index contributed by atoms with van der Waals surface area (Å²) in [7, 11) is -3.83. The van der Waals surface area contributed by atoms with E-state index in [2.05, 4.69) is 15.7 Å². The van der Waals surface area contributed by atoms with Gasteiger partial charge in [-0.2, -0.15) is 5.10 Å². The topological polar surface area (TPSA) is 157 Å². The summed E-state index contributed by atoms with van der Waals surface area (Å²) in [4.78, 5) is 21.3. The van der Waals surface area contributed by atoms with Crippen molar-refractivity contribution in [1.29, 1.82) is 0 Å². The number of anilines is 1. The van der Waals surface area contributed by atoms with E-state index in [1.54, 1.807) is 0 Å². The van der Waals surface area contributed by atoms with Crippen molar-refractivity contribution in [2.24, 2.45) is 10.9 Å². The largest absolute Gasteiger partial charge is 0.324 e. The van der Waals surface area contributed by atoms with E-state index in [1.165, 1.54) is 36.4 Å². The number of urea groups is 1. The Morgan fingerprint density at radius 3 is 2.08 bits per heavy atom. The lowest BCUT2D eigenvalue weighted by atomic mass is 10.3. The number of hydrogen-bond acceptors (Lipinski definition) is 7. The lowest BCUT2D eigenvalue weighted by Crippen LogP contribution is -2.27. The second kappa shape index (κ2) is 7.40. The third kappa shape index (κ3) is 4.29. The third-order valence-corrected chi connectivity index (χ3v) is 4.84. The first-order valence-electron chi connectivity index (χ1n) is 6.73. The van der Waals surface area contributed by atoms with Gasteiger partial charge in [0.1, 0.15) is 6.34 Å². The molecule has 2 aromatic carbocycles. The molecule has 0 aromatic heterocycles. The van der Waals surface area contributed by atoms with Gasteiger partial charge in [0.15, 0.2) is 0 Å². The van der Waals surface area contributed by atoms with Crippen LogP contribution in [0.25, 0.3) is 0 Å². The van der Waals surface area contributed by atoms with Crippen molar-refractivity contribution in [2.75, 3.05) is 5.32 Å². The van der Waals surface area contributed by atoms with Crippen LogP contribution < -0.4 is 16.5 Å². The number of nitrogens with one attached hydrogen (secondary N) is 2. The van der Waals surface area contributed by atoms with Crippen LogP contribution in [0.3, 0.4) is 0 Å². The summed E-state index contributed by atoms with van der Waals surface area (Å²) >= 11 is 0. The zero-order valence-corrected chi connectivity index (χ0v) is 13.4.